The molecule has 1 N–H and O–H groups in total. The van der Waals surface area contributed by atoms with Crippen molar-refractivity contribution in [3.63, 3.8) is 0 Å². The highest BCUT2D eigenvalue weighted by Gasteiger charge is 2.24. The largest absolute Gasteiger partial charge is 0.325 e. The molecule has 94 valence electrons. The summed E-state index contributed by atoms with van der Waals surface area (Å²) in [5.74, 6) is 0.634. The molecule has 1 aliphatic rings. The average molecular weight is 253 g/mol. The molecule has 1 aromatic rings. The van der Waals surface area contributed by atoms with Gasteiger partial charge in [0.2, 0.25) is 0 Å². The standard InChI is InChI=1S/C12H19N3OS/c1-9(2)14-5-3-10(7-14)8-15-6-4-11(16)13-12(15)17/h4,6,9-10H,3,5,7-8H2,1-2H3,(H,13,16,17). The number of nitrogens with one attached hydrogen (secondary N) is 1. The molecule has 0 amide bonds. The molecule has 1 atom stereocenters. The molecule has 2 heterocycles. The Morgan fingerprint density at radius 3 is 2.94 bits per heavy atom. The first kappa shape index (κ1) is 12.5. The summed E-state index contributed by atoms with van der Waals surface area (Å²) in [4.78, 5) is 16.2. The summed E-state index contributed by atoms with van der Waals surface area (Å²) in [6.07, 6.45) is 3.00. The lowest BCUT2D eigenvalue weighted by molar-refractivity contribution is 0.260. The molecule has 1 unspecified atom stereocenters. The van der Waals surface area contributed by atoms with Crippen LogP contribution < -0.4 is 5.56 Å². The number of rotatable bonds is 3. The van der Waals surface area contributed by atoms with Gasteiger partial charge < -0.3 is 9.47 Å². The maximum Gasteiger partial charge on any atom is 0.251 e. The molecule has 1 fully saturated rings. The molecule has 2 rings (SSSR count). The van der Waals surface area contributed by atoms with E-state index in [1.54, 1.807) is 6.20 Å². The van der Waals surface area contributed by atoms with Crippen LogP contribution in [-0.4, -0.2) is 33.6 Å². The summed E-state index contributed by atoms with van der Waals surface area (Å²) in [5.41, 5.74) is -0.124. The van der Waals surface area contributed by atoms with Crippen molar-refractivity contribution >= 4 is 12.2 Å². The zero-order valence-electron chi connectivity index (χ0n) is 10.3. The Hall–Kier alpha value is -0.940. The van der Waals surface area contributed by atoms with Crippen molar-refractivity contribution in [1.82, 2.24) is 14.5 Å². The fourth-order valence-electron chi connectivity index (χ4n) is 2.35. The minimum atomic E-state index is -0.124. The first-order valence-corrected chi connectivity index (χ1v) is 6.51. The summed E-state index contributed by atoms with van der Waals surface area (Å²) in [5, 5.41) is 0. The zero-order valence-corrected chi connectivity index (χ0v) is 11.2. The van der Waals surface area contributed by atoms with Gasteiger partial charge in [0.05, 0.1) is 0 Å². The summed E-state index contributed by atoms with van der Waals surface area (Å²) in [6.45, 7) is 7.65. The molecular weight excluding hydrogens is 234 g/mol. The molecule has 0 saturated carbocycles. The van der Waals surface area contributed by atoms with Crippen LogP contribution >= 0.6 is 12.2 Å². The maximum absolute atomic E-state index is 11.1. The van der Waals surface area contributed by atoms with Gasteiger partial charge in [-0.2, -0.15) is 0 Å². The van der Waals surface area contributed by atoms with Gasteiger partial charge in [0, 0.05) is 31.4 Å². The number of H-pyrrole nitrogens is 1. The van der Waals surface area contributed by atoms with Crippen molar-refractivity contribution < 1.29 is 0 Å². The molecule has 17 heavy (non-hydrogen) atoms. The van der Waals surface area contributed by atoms with Crippen LogP contribution in [0.5, 0.6) is 0 Å². The summed E-state index contributed by atoms with van der Waals surface area (Å²) >= 11 is 5.15. The monoisotopic (exact) mass is 253 g/mol. The quantitative estimate of drug-likeness (QED) is 0.833. The van der Waals surface area contributed by atoms with E-state index < -0.39 is 0 Å². The number of nitrogens with zero attached hydrogens (tertiary/aromatic N) is 2. The predicted octanol–water partition coefficient (Wildman–Crippen LogP) is 1.64. The van der Waals surface area contributed by atoms with E-state index in [9.17, 15) is 4.79 Å². The van der Waals surface area contributed by atoms with Crippen molar-refractivity contribution in [2.45, 2.75) is 32.9 Å². The molecule has 0 aromatic carbocycles. The Balaban J connectivity index is 2.03. The second kappa shape index (κ2) is 5.14. The Kier molecular flexibility index (Phi) is 3.79. The molecular formula is C12H19N3OS. The van der Waals surface area contributed by atoms with Crippen LogP contribution in [0.25, 0.3) is 0 Å². The van der Waals surface area contributed by atoms with E-state index in [2.05, 4.69) is 23.7 Å². The van der Waals surface area contributed by atoms with E-state index in [1.807, 2.05) is 4.57 Å². The van der Waals surface area contributed by atoms with E-state index in [1.165, 1.54) is 19.0 Å². The van der Waals surface area contributed by atoms with E-state index in [-0.39, 0.29) is 5.56 Å². The lowest BCUT2D eigenvalue weighted by Gasteiger charge is -2.20. The highest BCUT2D eigenvalue weighted by Crippen LogP contribution is 2.19. The number of hydrogen-bond acceptors (Lipinski definition) is 3. The summed E-state index contributed by atoms with van der Waals surface area (Å²) in [7, 11) is 0. The van der Waals surface area contributed by atoms with Crippen LogP contribution in [0.15, 0.2) is 17.1 Å². The Morgan fingerprint density at radius 1 is 1.59 bits per heavy atom. The van der Waals surface area contributed by atoms with Gasteiger partial charge >= 0.3 is 0 Å². The highest BCUT2D eigenvalue weighted by molar-refractivity contribution is 7.71. The van der Waals surface area contributed by atoms with E-state index in [0.29, 0.717) is 16.7 Å². The third kappa shape index (κ3) is 3.04. The first-order valence-electron chi connectivity index (χ1n) is 6.10. The molecule has 0 aliphatic carbocycles. The third-order valence-corrected chi connectivity index (χ3v) is 3.74. The van der Waals surface area contributed by atoms with Gasteiger partial charge in [-0.3, -0.25) is 9.78 Å². The lowest BCUT2D eigenvalue weighted by Crippen LogP contribution is -2.29. The van der Waals surface area contributed by atoms with Crippen LogP contribution in [0.4, 0.5) is 0 Å². The van der Waals surface area contributed by atoms with Crippen molar-refractivity contribution in [2.75, 3.05) is 13.1 Å². The van der Waals surface area contributed by atoms with Crippen LogP contribution in [0.3, 0.4) is 0 Å². The molecule has 1 aromatic heterocycles. The SMILES string of the molecule is CC(C)N1CCC(Cn2ccc(=O)[nH]c2=S)C1. The molecule has 0 spiro atoms. The highest BCUT2D eigenvalue weighted by atomic mass is 32.1. The Bertz CT molecular complexity index is 491. The normalized spacial score (nSPS) is 21.2. The zero-order chi connectivity index (χ0) is 12.4. The van der Waals surface area contributed by atoms with Crippen LogP contribution in [0, 0.1) is 10.7 Å². The van der Waals surface area contributed by atoms with E-state index in [4.69, 9.17) is 12.2 Å². The van der Waals surface area contributed by atoms with E-state index >= 15 is 0 Å². The van der Waals surface area contributed by atoms with Crippen molar-refractivity contribution in [3.05, 3.63) is 27.4 Å². The number of aromatic amines is 1. The average Bonchev–Trinajstić information content (AvgIpc) is 2.71. The molecule has 0 bridgehead atoms. The topological polar surface area (TPSA) is 41.0 Å². The summed E-state index contributed by atoms with van der Waals surface area (Å²) < 4.78 is 2.49. The molecule has 4 nitrogen and oxygen atoms in total. The van der Waals surface area contributed by atoms with Crippen LogP contribution in [0.2, 0.25) is 0 Å². The van der Waals surface area contributed by atoms with Crippen molar-refractivity contribution in [3.8, 4) is 0 Å². The fraction of sp³-hybridized carbons (Fsp3) is 0.667. The minimum Gasteiger partial charge on any atom is -0.325 e. The second-order valence-corrected chi connectivity index (χ2v) is 5.39. The lowest BCUT2D eigenvalue weighted by atomic mass is 10.1. The first-order chi connectivity index (χ1) is 8.06. The fourth-order valence-corrected chi connectivity index (χ4v) is 2.58. The molecule has 0 radical (unpaired) electrons. The smallest absolute Gasteiger partial charge is 0.251 e. The molecule has 1 saturated heterocycles. The van der Waals surface area contributed by atoms with Crippen LogP contribution in [0.1, 0.15) is 20.3 Å². The predicted molar refractivity (Wildman–Crippen MR) is 70.7 cm³/mol. The van der Waals surface area contributed by atoms with Crippen molar-refractivity contribution in [2.24, 2.45) is 5.92 Å². The van der Waals surface area contributed by atoms with E-state index in [0.717, 1.165) is 13.1 Å². The van der Waals surface area contributed by atoms with Gasteiger partial charge in [0.1, 0.15) is 0 Å². The maximum atomic E-state index is 11.1. The van der Waals surface area contributed by atoms with Gasteiger partial charge in [-0.15, -0.1) is 0 Å². The Labute approximate surface area is 106 Å². The number of likely N-dealkylation sites (tertiary alicyclic amines) is 1. The van der Waals surface area contributed by atoms with Gasteiger partial charge in [-0.25, -0.2) is 0 Å². The number of aromatic nitrogens is 2. The van der Waals surface area contributed by atoms with Gasteiger partial charge in [-0.1, -0.05) is 0 Å². The van der Waals surface area contributed by atoms with Gasteiger partial charge in [0.25, 0.3) is 5.56 Å². The number of hydrogen-bond donors (Lipinski definition) is 1. The summed E-state index contributed by atoms with van der Waals surface area (Å²) in [6, 6.07) is 2.15. The molecule has 5 heteroatoms. The second-order valence-electron chi connectivity index (χ2n) is 5.01. The Morgan fingerprint density at radius 2 is 2.35 bits per heavy atom. The van der Waals surface area contributed by atoms with Gasteiger partial charge in [-0.05, 0) is 44.9 Å². The third-order valence-electron chi connectivity index (χ3n) is 3.40. The minimum absolute atomic E-state index is 0.124. The van der Waals surface area contributed by atoms with Gasteiger partial charge in [0.15, 0.2) is 4.77 Å². The van der Waals surface area contributed by atoms with Crippen LogP contribution in [-0.2, 0) is 6.54 Å². The van der Waals surface area contributed by atoms with Crippen molar-refractivity contribution in [1.29, 1.82) is 0 Å². The molecule has 1 aliphatic heterocycles.